The number of likely N-dealkylation sites (tertiary alicyclic amines) is 2. The number of rotatable bonds is 3. The van der Waals surface area contributed by atoms with Gasteiger partial charge in [0.2, 0.25) is 5.91 Å². The SMILES string of the molecule is C[C@@]12CNCC[C@@H]1CN(Cc1ccccc1)C2.C[C@]12CN(C(=O)c3ccccc3)C[C@H]1CCNC2=O. The quantitative estimate of drug-likeness (QED) is 0.695. The van der Waals surface area contributed by atoms with Gasteiger partial charge in [0.05, 0.1) is 5.41 Å². The second kappa shape index (κ2) is 10.3. The minimum Gasteiger partial charge on any atom is -0.356 e. The number of hydrogen-bond donors (Lipinski definition) is 2. The van der Waals surface area contributed by atoms with E-state index in [1.165, 1.54) is 38.2 Å². The van der Waals surface area contributed by atoms with Crippen LogP contribution in [-0.2, 0) is 11.3 Å². The zero-order valence-electron chi connectivity index (χ0n) is 21.7. The minimum atomic E-state index is -0.414. The number of hydrogen-bond acceptors (Lipinski definition) is 4. The van der Waals surface area contributed by atoms with Gasteiger partial charge in [-0.1, -0.05) is 55.5 Å². The maximum atomic E-state index is 12.4. The van der Waals surface area contributed by atoms with E-state index >= 15 is 0 Å². The van der Waals surface area contributed by atoms with Crippen LogP contribution >= 0.6 is 0 Å². The molecule has 0 aromatic heterocycles. The maximum absolute atomic E-state index is 12.4. The Morgan fingerprint density at radius 1 is 0.917 bits per heavy atom. The molecule has 4 aliphatic rings. The lowest BCUT2D eigenvalue weighted by atomic mass is 9.75. The summed E-state index contributed by atoms with van der Waals surface area (Å²) in [5.41, 5.74) is 2.24. The van der Waals surface area contributed by atoms with E-state index in [1.54, 1.807) is 0 Å². The number of piperidine rings is 2. The van der Waals surface area contributed by atoms with Crippen molar-refractivity contribution in [3.8, 4) is 0 Å². The summed E-state index contributed by atoms with van der Waals surface area (Å²) in [6.45, 7) is 12.4. The van der Waals surface area contributed by atoms with Crippen LogP contribution < -0.4 is 10.6 Å². The number of amides is 2. The first-order valence-corrected chi connectivity index (χ1v) is 13.5. The molecule has 0 spiro atoms. The molecule has 2 aromatic rings. The Bertz CT molecular complexity index is 1060. The number of carbonyl (C=O) groups is 2. The summed E-state index contributed by atoms with van der Waals surface area (Å²) < 4.78 is 0. The predicted octanol–water partition coefficient (Wildman–Crippen LogP) is 3.40. The molecular weight excluding hydrogens is 448 g/mol. The third kappa shape index (κ3) is 5.07. The number of benzene rings is 2. The molecule has 4 atom stereocenters. The molecule has 0 bridgehead atoms. The number of nitrogens with zero attached hydrogens (tertiary/aromatic N) is 2. The number of carbonyl (C=O) groups excluding carboxylic acids is 2. The molecule has 6 nitrogen and oxygen atoms in total. The predicted molar refractivity (Wildman–Crippen MR) is 142 cm³/mol. The third-order valence-corrected chi connectivity index (χ3v) is 8.96. The van der Waals surface area contributed by atoms with Gasteiger partial charge in [-0.15, -0.1) is 0 Å². The van der Waals surface area contributed by atoms with Gasteiger partial charge in [0, 0.05) is 51.4 Å². The summed E-state index contributed by atoms with van der Waals surface area (Å²) in [5, 5.41) is 6.47. The van der Waals surface area contributed by atoms with Gasteiger partial charge in [0.25, 0.3) is 5.91 Å². The van der Waals surface area contributed by atoms with Crippen LogP contribution in [0.5, 0.6) is 0 Å². The van der Waals surface area contributed by atoms with Crippen LogP contribution in [0.1, 0.15) is 42.6 Å². The molecule has 4 aliphatic heterocycles. The zero-order chi connectivity index (χ0) is 25.2. The van der Waals surface area contributed by atoms with Crippen molar-refractivity contribution < 1.29 is 9.59 Å². The summed E-state index contributed by atoms with van der Waals surface area (Å²) in [7, 11) is 0. The molecular formula is C30H40N4O2. The van der Waals surface area contributed by atoms with Crippen LogP contribution in [0, 0.1) is 22.7 Å². The Morgan fingerprint density at radius 3 is 2.31 bits per heavy atom. The van der Waals surface area contributed by atoms with Gasteiger partial charge in [0.15, 0.2) is 0 Å². The molecule has 36 heavy (non-hydrogen) atoms. The highest BCUT2D eigenvalue weighted by Crippen LogP contribution is 2.41. The lowest BCUT2D eigenvalue weighted by molar-refractivity contribution is -0.133. The summed E-state index contributed by atoms with van der Waals surface area (Å²) >= 11 is 0. The van der Waals surface area contributed by atoms with Gasteiger partial charge in [-0.05, 0) is 61.3 Å². The molecule has 2 aromatic carbocycles. The lowest BCUT2D eigenvalue weighted by Gasteiger charge is -2.35. The topological polar surface area (TPSA) is 64.7 Å². The normalized spacial score (nSPS) is 31.6. The highest BCUT2D eigenvalue weighted by molar-refractivity contribution is 5.95. The van der Waals surface area contributed by atoms with Gasteiger partial charge in [0.1, 0.15) is 0 Å². The van der Waals surface area contributed by atoms with E-state index in [2.05, 4.69) is 52.8 Å². The smallest absolute Gasteiger partial charge is 0.253 e. The molecule has 6 heteroatoms. The van der Waals surface area contributed by atoms with Gasteiger partial charge >= 0.3 is 0 Å². The van der Waals surface area contributed by atoms with Crippen molar-refractivity contribution in [2.45, 2.75) is 33.2 Å². The van der Waals surface area contributed by atoms with Crippen molar-refractivity contribution in [1.82, 2.24) is 20.4 Å². The molecule has 192 valence electrons. The van der Waals surface area contributed by atoms with Crippen molar-refractivity contribution in [3.05, 3.63) is 71.8 Å². The summed E-state index contributed by atoms with van der Waals surface area (Å²) in [6, 6.07) is 20.1. The summed E-state index contributed by atoms with van der Waals surface area (Å²) in [6.07, 6.45) is 2.31. The fourth-order valence-corrected chi connectivity index (χ4v) is 6.69. The first kappa shape index (κ1) is 25.0. The van der Waals surface area contributed by atoms with E-state index in [0.717, 1.165) is 25.4 Å². The largest absolute Gasteiger partial charge is 0.356 e. The van der Waals surface area contributed by atoms with Crippen molar-refractivity contribution in [2.24, 2.45) is 22.7 Å². The van der Waals surface area contributed by atoms with Crippen LogP contribution in [0.2, 0.25) is 0 Å². The van der Waals surface area contributed by atoms with Crippen molar-refractivity contribution in [3.63, 3.8) is 0 Å². The van der Waals surface area contributed by atoms with Crippen LogP contribution in [0.4, 0.5) is 0 Å². The molecule has 6 rings (SSSR count). The Morgan fingerprint density at radius 2 is 1.61 bits per heavy atom. The number of fused-ring (bicyclic) bond motifs is 2. The van der Waals surface area contributed by atoms with Crippen LogP contribution in [0.25, 0.3) is 0 Å². The second-order valence-corrected chi connectivity index (χ2v) is 11.7. The summed E-state index contributed by atoms with van der Waals surface area (Å²) in [4.78, 5) is 28.9. The van der Waals surface area contributed by atoms with Crippen molar-refractivity contribution in [1.29, 1.82) is 0 Å². The average Bonchev–Trinajstić information content (AvgIpc) is 3.42. The Kier molecular flexibility index (Phi) is 7.18. The molecule has 4 fully saturated rings. The molecule has 4 heterocycles. The van der Waals surface area contributed by atoms with Gasteiger partial charge < -0.3 is 15.5 Å². The van der Waals surface area contributed by atoms with E-state index in [0.29, 0.717) is 24.1 Å². The first-order valence-electron chi connectivity index (χ1n) is 13.5. The molecule has 4 saturated heterocycles. The van der Waals surface area contributed by atoms with Crippen LogP contribution in [0.15, 0.2) is 60.7 Å². The van der Waals surface area contributed by atoms with E-state index in [1.807, 2.05) is 42.2 Å². The van der Waals surface area contributed by atoms with E-state index in [9.17, 15) is 9.59 Å². The van der Waals surface area contributed by atoms with Crippen molar-refractivity contribution in [2.75, 3.05) is 45.8 Å². The molecule has 0 radical (unpaired) electrons. The Balaban J connectivity index is 0.000000149. The maximum Gasteiger partial charge on any atom is 0.253 e. The molecule has 0 unspecified atom stereocenters. The second-order valence-electron chi connectivity index (χ2n) is 11.7. The monoisotopic (exact) mass is 488 g/mol. The van der Waals surface area contributed by atoms with Crippen LogP contribution in [-0.4, -0.2) is 67.4 Å². The standard InChI is InChI=1S/C15H18N2O2.C15H22N2/c1-15-10-17(9-12(15)7-8-16-14(15)19)13(18)11-5-3-2-4-6-11;1-15-11-16-8-7-14(15)10-17(12-15)9-13-5-3-2-4-6-13/h2-6,12H,7-10H2,1H3,(H,16,19);2-6,14,16H,7-12H2,1H3/t12-,15+;14-,15+/m11/s1. The zero-order valence-corrected chi connectivity index (χ0v) is 21.7. The van der Waals surface area contributed by atoms with Gasteiger partial charge in [-0.3, -0.25) is 14.5 Å². The third-order valence-electron chi connectivity index (χ3n) is 8.96. The Hall–Kier alpha value is -2.70. The van der Waals surface area contributed by atoms with Crippen LogP contribution in [0.3, 0.4) is 0 Å². The van der Waals surface area contributed by atoms with Crippen molar-refractivity contribution >= 4 is 11.8 Å². The van der Waals surface area contributed by atoms with E-state index in [4.69, 9.17) is 0 Å². The number of nitrogens with one attached hydrogen (secondary N) is 2. The fourth-order valence-electron chi connectivity index (χ4n) is 6.69. The lowest BCUT2D eigenvalue weighted by Crippen LogP contribution is -2.49. The summed E-state index contributed by atoms with van der Waals surface area (Å²) in [5.74, 6) is 1.30. The van der Waals surface area contributed by atoms with E-state index < -0.39 is 5.41 Å². The molecule has 0 aliphatic carbocycles. The highest BCUT2D eigenvalue weighted by Gasteiger charge is 2.51. The first-order chi connectivity index (χ1) is 17.4. The average molecular weight is 489 g/mol. The molecule has 0 saturated carbocycles. The fraction of sp³-hybridized carbons (Fsp3) is 0.533. The molecule has 2 amide bonds. The highest BCUT2D eigenvalue weighted by atomic mass is 16.2. The Labute approximate surface area is 215 Å². The van der Waals surface area contributed by atoms with Gasteiger partial charge in [-0.25, -0.2) is 0 Å². The minimum absolute atomic E-state index is 0.0315. The van der Waals surface area contributed by atoms with E-state index in [-0.39, 0.29) is 17.7 Å². The van der Waals surface area contributed by atoms with Gasteiger partial charge in [-0.2, -0.15) is 0 Å². The molecule has 2 N–H and O–H groups in total.